The third kappa shape index (κ3) is 3.05. The quantitative estimate of drug-likeness (QED) is 0.688. The van der Waals surface area contributed by atoms with Crippen molar-refractivity contribution in [3.05, 3.63) is 69.5 Å². The minimum atomic E-state index is -0.757. The zero-order valence-corrected chi connectivity index (χ0v) is 10.1. The van der Waals surface area contributed by atoms with E-state index in [9.17, 15) is 23.3 Å². The zero-order valence-electron chi connectivity index (χ0n) is 10.1. The van der Waals surface area contributed by atoms with Gasteiger partial charge < -0.3 is 5.32 Å². The Hall–Kier alpha value is -2.57. The van der Waals surface area contributed by atoms with Gasteiger partial charge in [-0.3, -0.25) is 10.1 Å². The van der Waals surface area contributed by atoms with Crippen molar-refractivity contribution in [2.45, 2.75) is 6.54 Å². The molecule has 0 spiro atoms. The lowest BCUT2D eigenvalue weighted by Gasteiger charge is -2.08. The van der Waals surface area contributed by atoms with Crippen molar-refractivity contribution in [1.82, 2.24) is 0 Å². The Morgan fingerprint density at radius 3 is 2.40 bits per heavy atom. The van der Waals surface area contributed by atoms with Crippen molar-refractivity contribution in [1.29, 1.82) is 0 Å². The van der Waals surface area contributed by atoms with E-state index >= 15 is 0 Å². The molecule has 0 heterocycles. The van der Waals surface area contributed by atoms with Crippen LogP contribution in [0, 0.1) is 27.6 Å². The molecule has 104 valence electrons. The van der Waals surface area contributed by atoms with Crippen LogP contribution in [0.25, 0.3) is 0 Å². The lowest BCUT2D eigenvalue weighted by atomic mass is 10.2. The monoisotopic (exact) mass is 282 g/mol. The Morgan fingerprint density at radius 1 is 1.05 bits per heavy atom. The molecule has 2 aromatic carbocycles. The molecule has 0 aromatic heterocycles. The molecule has 0 unspecified atom stereocenters. The molecule has 0 amide bonds. The SMILES string of the molecule is O=[N+]([O-])c1cc(F)ccc1NCc1cc(F)ccc1F. The number of hydrogen-bond acceptors (Lipinski definition) is 3. The standard InChI is InChI=1S/C13H9F3N2O2/c14-9-1-3-11(16)8(5-9)7-17-12-4-2-10(15)6-13(12)18(19)20/h1-6,17H,7H2. The Kier molecular flexibility index (Phi) is 3.88. The summed E-state index contributed by atoms with van der Waals surface area (Å²) in [4.78, 5) is 10.0. The number of anilines is 1. The van der Waals surface area contributed by atoms with Gasteiger partial charge in [0, 0.05) is 12.1 Å². The molecule has 1 N–H and O–H groups in total. The molecular weight excluding hydrogens is 273 g/mol. The fraction of sp³-hybridized carbons (Fsp3) is 0.0769. The van der Waals surface area contributed by atoms with E-state index in [-0.39, 0.29) is 17.8 Å². The van der Waals surface area contributed by atoms with Gasteiger partial charge >= 0.3 is 0 Å². The van der Waals surface area contributed by atoms with Gasteiger partial charge in [0.15, 0.2) is 0 Å². The molecule has 0 bridgehead atoms. The van der Waals surface area contributed by atoms with Crippen molar-refractivity contribution in [3.8, 4) is 0 Å². The topological polar surface area (TPSA) is 55.2 Å². The number of hydrogen-bond donors (Lipinski definition) is 1. The van der Waals surface area contributed by atoms with Gasteiger partial charge in [0.05, 0.1) is 11.0 Å². The molecule has 0 aliphatic heterocycles. The van der Waals surface area contributed by atoms with Gasteiger partial charge in [-0.05, 0) is 30.3 Å². The molecule has 0 aliphatic carbocycles. The summed E-state index contributed by atoms with van der Waals surface area (Å²) in [7, 11) is 0. The van der Waals surface area contributed by atoms with Crippen LogP contribution in [-0.2, 0) is 6.54 Å². The minimum Gasteiger partial charge on any atom is -0.375 e. The van der Waals surface area contributed by atoms with Gasteiger partial charge in [0.1, 0.15) is 23.1 Å². The predicted molar refractivity (Wildman–Crippen MR) is 66.7 cm³/mol. The van der Waals surface area contributed by atoms with Gasteiger partial charge in [-0.25, -0.2) is 13.2 Å². The van der Waals surface area contributed by atoms with Gasteiger partial charge in [0.25, 0.3) is 5.69 Å². The van der Waals surface area contributed by atoms with Crippen LogP contribution in [0.15, 0.2) is 36.4 Å². The van der Waals surface area contributed by atoms with Crippen molar-refractivity contribution in [2.75, 3.05) is 5.32 Å². The molecule has 0 atom stereocenters. The molecule has 0 saturated heterocycles. The third-order valence-electron chi connectivity index (χ3n) is 2.63. The highest BCUT2D eigenvalue weighted by Crippen LogP contribution is 2.25. The summed E-state index contributed by atoms with van der Waals surface area (Å²) in [5, 5.41) is 13.4. The second-order valence-corrected chi connectivity index (χ2v) is 4.01. The van der Waals surface area contributed by atoms with Crippen LogP contribution >= 0.6 is 0 Å². The molecular formula is C13H9F3N2O2. The molecule has 20 heavy (non-hydrogen) atoms. The van der Waals surface area contributed by atoms with Gasteiger partial charge in [0.2, 0.25) is 0 Å². The van der Waals surface area contributed by atoms with Gasteiger partial charge in [-0.2, -0.15) is 0 Å². The average molecular weight is 282 g/mol. The lowest BCUT2D eigenvalue weighted by molar-refractivity contribution is -0.384. The van der Waals surface area contributed by atoms with Crippen LogP contribution in [-0.4, -0.2) is 4.92 Å². The van der Waals surface area contributed by atoms with E-state index in [1.165, 1.54) is 6.07 Å². The van der Waals surface area contributed by atoms with Crippen LogP contribution in [0.2, 0.25) is 0 Å². The fourth-order valence-electron chi connectivity index (χ4n) is 1.67. The Balaban J connectivity index is 2.23. The van der Waals surface area contributed by atoms with E-state index in [0.29, 0.717) is 0 Å². The molecule has 0 saturated carbocycles. The normalized spacial score (nSPS) is 10.3. The second-order valence-electron chi connectivity index (χ2n) is 4.01. The second kappa shape index (κ2) is 5.60. The van der Waals surface area contributed by atoms with Gasteiger partial charge in [-0.15, -0.1) is 0 Å². The summed E-state index contributed by atoms with van der Waals surface area (Å²) in [5.41, 5.74) is -0.425. The van der Waals surface area contributed by atoms with E-state index in [1.807, 2.05) is 0 Å². The molecule has 0 aliphatic rings. The van der Waals surface area contributed by atoms with Crippen LogP contribution in [0.3, 0.4) is 0 Å². The third-order valence-corrected chi connectivity index (χ3v) is 2.63. The van der Waals surface area contributed by atoms with Crippen molar-refractivity contribution in [2.24, 2.45) is 0 Å². The Morgan fingerprint density at radius 2 is 1.70 bits per heavy atom. The Bertz CT molecular complexity index is 662. The van der Waals surface area contributed by atoms with E-state index < -0.39 is 28.1 Å². The highest BCUT2D eigenvalue weighted by atomic mass is 19.1. The first-order valence-electron chi connectivity index (χ1n) is 5.59. The Labute approximate surface area is 112 Å². The number of nitrogens with one attached hydrogen (secondary N) is 1. The maximum Gasteiger partial charge on any atom is 0.295 e. The number of nitrogens with zero attached hydrogens (tertiary/aromatic N) is 1. The molecule has 7 heteroatoms. The van der Waals surface area contributed by atoms with E-state index in [0.717, 1.165) is 30.3 Å². The highest BCUT2D eigenvalue weighted by Gasteiger charge is 2.15. The zero-order chi connectivity index (χ0) is 14.7. The van der Waals surface area contributed by atoms with Crippen LogP contribution in [0.4, 0.5) is 24.5 Å². The van der Waals surface area contributed by atoms with E-state index in [4.69, 9.17) is 0 Å². The minimum absolute atomic E-state index is 0.0172. The van der Waals surface area contributed by atoms with Crippen LogP contribution < -0.4 is 5.32 Å². The smallest absolute Gasteiger partial charge is 0.295 e. The molecule has 2 rings (SSSR count). The maximum absolute atomic E-state index is 13.4. The molecule has 4 nitrogen and oxygen atoms in total. The summed E-state index contributed by atoms with van der Waals surface area (Å²) in [6.45, 7) is -0.157. The first kappa shape index (κ1) is 13.9. The summed E-state index contributed by atoms with van der Waals surface area (Å²) in [5.74, 6) is -2.00. The number of benzene rings is 2. The first-order valence-corrected chi connectivity index (χ1v) is 5.59. The molecule has 0 radical (unpaired) electrons. The highest BCUT2D eigenvalue weighted by molar-refractivity contribution is 5.61. The fourth-order valence-corrected chi connectivity index (χ4v) is 1.67. The first-order chi connectivity index (χ1) is 9.47. The maximum atomic E-state index is 13.4. The number of rotatable bonds is 4. The molecule has 0 fully saturated rings. The summed E-state index contributed by atoms with van der Waals surface area (Å²) in [6.07, 6.45) is 0. The lowest BCUT2D eigenvalue weighted by Crippen LogP contribution is -2.05. The van der Waals surface area contributed by atoms with Crippen molar-refractivity contribution in [3.63, 3.8) is 0 Å². The van der Waals surface area contributed by atoms with Gasteiger partial charge in [-0.1, -0.05) is 0 Å². The predicted octanol–water partition coefficient (Wildman–Crippen LogP) is 3.62. The molecule has 2 aromatic rings. The van der Waals surface area contributed by atoms with Crippen LogP contribution in [0.1, 0.15) is 5.56 Å². The number of nitro groups is 1. The summed E-state index contributed by atoms with van der Waals surface area (Å²) >= 11 is 0. The average Bonchev–Trinajstić information content (AvgIpc) is 2.40. The van der Waals surface area contributed by atoms with Crippen molar-refractivity contribution >= 4 is 11.4 Å². The van der Waals surface area contributed by atoms with Crippen molar-refractivity contribution < 1.29 is 18.1 Å². The van der Waals surface area contributed by atoms with E-state index in [1.54, 1.807) is 0 Å². The van der Waals surface area contributed by atoms with E-state index in [2.05, 4.69) is 5.32 Å². The number of halogens is 3. The summed E-state index contributed by atoms with van der Waals surface area (Å²) in [6, 6.07) is 5.88. The summed E-state index contributed by atoms with van der Waals surface area (Å²) < 4.78 is 39.3. The number of nitro benzene ring substituents is 1. The largest absolute Gasteiger partial charge is 0.375 e. The van der Waals surface area contributed by atoms with Crippen LogP contribution in [0.5, 0.6) is 0 Å².